The van der Waals surface area contributed by atoms with Crippen LogP contribution in [0.3, 0.4) is 0 Å². The van der Waals surface area contributed by atoms with Crippen LogP contribution in [0.5, 0.6) is 0 Å². The third kappa shape index (κ3) is 6.60. The summed E-state index contributed by atoms with van der Waals surface area (Å²) in [6.07, 6.45) is 2.57. The number of amides is 4. The van der Waals surface area contributed by atoms with E-state index in [0.717, 1.165) is 48.7 Å². The van der Waals surface area contributed by atoms with E-state index in [2.05, 4.69) is 20.1 Å². The average Bonchev–Trinajstić information content (AvgIpc) is 3.18. The van der Waals surface area contributed by atoms with E-state index in [-0.39, 0.29) is 29.6 Å². The van der Waals surface area contributed by atoms with Crippen LogP contribution >= 0.6 is 0 Å². The van der Waals surface area contributed by atoms with Gasteiger partial charge in [0.2, 0.25) is 11.8 Å². The van der Waals surface area contributed by atoms with Crippen LogP contribution in [0, 0.1) is 0 Å². The fraction of sp³-hybridized carbons (Fsp3) is 0.448. The minimum absolute atomic E-state index is 0.0417. The highest BCUT2D eigenvalue weighted by Gasteiger charge is 2.44. The Bertz CT molecular complexity index is 1290. The molecule has 2 saturated heterocycles. The summed E-state index contributed by atoms with van der Waals surface area (Å²) in [6.45, 7) is 9.82. The summed E-state index contributed by atoms with van der Waals surface area (Å²) < 4.78 is 4.94. The van der Waals surface area contributed by atoms with Crippen molar-refractivity contribution in [3.05, 3.63) is 58.9 Å². The molecule has 3 aliphatic rings. The normalized spacial score (nSPS) is 19.6. The van der Waals surface area contributed by atoms with Crippen LogP contribution in [-0.2, 0) is 20.9 Å². The number of benzene rings is 1. The molecule has 1 N–H and O–H groups in total. The molecule has 2 fully saturated rings. The Hall–Kier alpha value is -3.96. The fourth-order valence-corrected chi connectivity index (χ4v) is 4.65. The summed E-state index contributed by atoms with van der Waals surface area (Å²) in [5.74, 6) is -2.01. The maximum absolute atomic E-state index is 13.1. The van der Waals surface area contributed by atoms with E-state index >= 15 is 0 Å². The van der Waals surface area contributed by atoms with Crippen LogP contribution in [0.4, 0.5) is 5.69 Å². The number of aldehydes is 1. The number of pyridine rings is 1. The largest absolute Gasteiger partial charge is 0.379 e. The number of fused-ring (bicyclic) bond motifs is 1. The van der Waals surface area contributed by atoms with E-state index < -0.39 is 29.7 Å². The van der Waals surface area contributed by atoms with Gasteiger partial charge in [-0.15, -0.1) is 0 Å². The molecule has 0 radical (unpaired) electrons. The fourth-order valence-electron chi connectivity index (χ4n) is 4.65. The van der Waals surface area contributed by atoms with Gasteiger partial charge < -0.3 is 9.64 Å². The van der Waals surface area contributed by atoms with Crippen LogP contribution in [0.2, 0.25) is 0 Å². The monoisotopic (exact) mass is 549 g/mol. The van der Waals surface area contributed by atoms with Crippen molar-refractivity contribution in [2.75, 3.05) is 38.2 Å². The van der Waals surface area contributed by atoms with Gasteiger partial charge in [-0.3, -0.25) is 44.1 Å². The van der Waals surface area contributed by atoms with Crippen LogP contribution in [0.25, 0.3) is 0 Å². The zero-order valence-corrected chi connectivity index (χ0v) is 23.3. The van der Waals surface area contributed by atoms with Gasteiger partial charge in [0.25, 0.3) is 11.8 Å². The van der Waals surface area contributed by atoms with E-state index in [9.17, 15) is 24.0 Å². The van der Waals surface area contributed by atoms with Gasteiger partial charge in [0.15, 0.2) is 6.29 Å². The lowest BCUT2D eigenvalue weighted by Crippen LogP contribution is -2.54. The second-order valence-corrected chi connectivity index (χ2v) is 11.0. The highest BCUT2D eigenvalue weighted by atomic mass is 16.5. The predicted molar refractivity (Wildman–Crippen MR) is 147 cm³/mol. The maximum Gasteiger partial charge on any atom is 0.262 e. The second kappa shape index (κ2) is 12.1. The average molecular weight is 550 g/mol. The number of piperidine rings is 1. The zero-order chi connectivity index (χ0) is 29.0. The van der Waals surface area contributed by atoms with Crippen molar-refractivity contribution < 1.29 is 28.7 Å². The third-order valence-corrected chi connectivity index (χ3v) is 7.14. The van der Waals surface area contributed by atoms with Crippen molar-refractivity contribution in [3.63, 3.8) is 0 Å². The molecule has 0 aliphatic carbocycles. The smallest absolute Gasteiger partial charge is 0.262 e. The van der Waals surface area contributed by atoms with Gasteiger partial charge in [0.05, 0.1) is 22.4 Å². The standard InChI is InChI=1S/C24H23N5O5.C5H12O/c30-14-15-1-2-16(25-12-15)13-27-7-9-28(10-8-27)17-3-4-18-19(11-17)24(34)29(23(18)33)20-5-6-21(31)26-22(20)32;1-5(2,3)6-4/h1-4,11-12,14,20H,5-10,13H2,(H,26,31,32);1-4H3. The van der Waals surface area contributed by atoms with Crippen molar-refractivity contribution in [2.24, 2.45) is 0 Å². The van der Waals surface area contributed by atoms with E-state index in [1.165, 1.54) is 0 Å². The molecule has 0 saturated carbocycles. The van der Waals surface area contributed by atoms with Gasteiger partial charge in [0.1, 0.15) is 6.04 Å². The Labute approximate surface area is 233 Å². The van der Waals surface area contributed by atoms with Gasteiger partial charge >= 0.3 is 0 Å². The molecule has 11 heteroatoms. The number of carbonyl (C=O) groups excluding carboxylic acids is 5. The minimum Gasteiger partial charge on any atom is -0.379 e. The molecule has 0 spiro atoms. The van der Waals surface area contributed by atoms with Crippen molar-refractivity contribution in [1.29, 1.82) is 0 Å². The molecule has 1 atom stereocenters. The number of imide groups is 2. The number of nitrogens with zero attached hydrogens (tertiary/aromatic N) is 4. The molecule has 5 rings (SSSR count). The van der Waals surface area contributed by atoms with Crippen molar-refractivity contribution >= 4 is 35.6 Å². The molecule has 1 aromatic heterocycles. The molecule has 1 aromatic carbocycles. The van der Waals surface area contributed by atoms with Gasteiger partial charge in [-0.05, 0) is 57.5 Å². The molecule has 40 heavy (non-hydrogen) atoms. The summed E-state index contributed by atoms with van der Waals surface area (Å²) in [5, 5.41) is 2.21. The molecule has 11 nitrogen and oxygen atoms in total. The number of methoxy groups -OCH3 is 1. The number of piperazine rings is 1. The molecular formula is C29H35N5O6. The third-order valence-electron chi connectivity index (χ3n) is 7.14. The lowest BCUT2D eigenvalue weighted by Gasteiger charge is -2.36. The van der Waals surface area contributed by atoms with Gasteiger partial charge in [-0.2, -0.15) is 0 Å². The second-order valence-electron chi connectivity index (χ2n) is 11.0. The first kappa shape index (κ1) is 29.0. The van der Waals surface area contributed by atoms with E-state index in [4.69, 9.17) is 4.74 Å². The number of aromatic nitrogens is 1. The summed E-state index contributed by atoms with van der Waals surface area (Å²) in [7, 11) is 1.71. The number of hydrogen-bond acceptors (Lipinski definition) is 9. The molecule has 0 bridgehead atoms. The Balaban J connectivity index is 0.000000557. The molecule has 3 aliphatic heterocycles. The van der Waals surface area contributed by atoms with Crippen molar-refractivity contribution in [1.82, 2.24) is 20.1 Å². The first-order valence-corrected chi connectivity index (χ1v) is 13.3. The van der Waals surface area contributed by atoms with E-state index in [1.807, 2.05) is 32.9 Å². The van der Waals surface area contributed by atoms with Crippen molar-refractivity contribution in [2.45, 2.75) is 51.8 Å². The summed E-state index contributed by atoms with van der Waals surface area (Å²) in [6, 6.07) is 7.83. The van der Waals surface area contributed by atoms with E-state index in [1.54, 1.807) is 31.5 Å². The highest BCUT2D eigenvalue weighted by Crippen LogP contribution is 2.31. The number of ether oxygens (including phenoxy) is 1. The van der Waals surface area contributed by atoms with Gasteiger partial charge in [-0.25, -0.2) is 0 Å². The predicted octanol–water partition coefficient (Wildman–Crippen LogP) is 2.05. The van der Waals surface area contributed by atoms with Gasteiger partial charge in [0, 0.05) is 63.7 Å². The topological polar surface area (TPSA) is 129 Å². The lowest BCUT2D eigenvalue weighted by atomic mass is 10.0. The number of rotatable bonds is 5. The number of nitrogens with one attached hydrogen (secondary N) is 1. The van der Waals surface area contributed by atoms with E-state index in [0.29, 0.717) is 12.1 Å². The van der Waals surface area contributed by atoms with Crippen LogP contribution in [0.1, 0.15) is 70.4 Å². The Morgan fingerprint density at radius 1 is 1.00 bits per heavy atom. The number of carbonyl (C=O) groups is 5. The number of anilines is 1. The molecule has 2 aromatic rings. The quantitative estimate of drug-likeness (QED) is 0.440. The Morgan fingerprint density at radius 2 is 1.68 bits per heavy atom. The molecule has 4 heterocycles. The Morgan fingerprint density at radius 3 is 2.25 bits per heavy atom. The SMILES string of the molecule is COC(C)(C)C.O=Cc1ccc(CN2CCN(c3ccc4c(c3)C(=O)N(C3CCC(=O)NC3=O)C4=O)CC2)nc1. The molecule has 4 amide bonds. The minimum atomic E-state index is -0.966. The highest BCUT2D eigenvalue weighted by molar-refractivity contribution is 6.23. The van der Waals surface area contributed by atoms with Crippen LogP contribution in [-0.4, -0.2) is 89.6 Å². The maximum atomic E-state index is 13.1. The molecular weight excluding hydrogens is 514 g/mol. The van der Waals surface area contributed by atoms with Gasteiger partial charge in [-0.1, -0.05) is 0 Å². The molecule has 212 valence electrons. The van der Waals surface area contributed by atoms with Crippen molar-refractivity contribution in [3.8, 4) is 0 Å². The lowest BCUT2D eigenvalue weighted by molar-refractivity contribution is -0.136. The number of hydrogen-bond donors (Lipinski definition) is 1. The Kier molecular flexibility index (Phi) is 8.75. The summed E-state index contributed by atoms with van der Waals surface area (Å²) in [5.41, 5.74) is 2.90. The van der Waals surface area contributed by atoms with Crippen LogP contribution < -0.4 is 10.2 Å². The first-order chi connectivity index (χ1) is 19.0. The van der Waals surface area contributed by atoms with Crippen LogP contribution in [0.15, 0.2) is 36.5 Å². The molecule has 1 unspecified atom stereocenters. The first-order valence-electron chi connectivity index (χ1n) is 13.3. The zero-order valence-electron chi connectivity index (χ0n) is 23.3. The summed E-state index contributed by atoms with van der Waals surface area (Å²) in [4.78, 5) is 70.1. The summed E-state index contributed by atoms with van der Waals surface area (Å²) >= 11 is 0.